The number of para-hydroxylation sites is 1. The van der Waals surface area contributed by atoms with Crippen LogP contribution in [0.3, 0.4) is 0 Å². The zero-order valence-electron chi connectivity index (χ0n) is 10.2. The van der Waals surface area contributed by atoms with Crippen LogP contribution < -0.4 is 5.32 Å². The molecular weight excluding hydrogens is 238 g/mol. The van der Waals surface area contributed by atoms with Gasteiger partial charge in [0.15, 0.2) is 0 Å². The van der Waals surface area contributed by atoms with Gasteiger partial charge in [0, 0.05) is 5.69 Å². The summed E-state index contributed by atoms with van der Waals surface area (Å²) in [5.41, 5.74) is 1.90. The summed E-state index contributed by atoms with van der Waals surface area (Å²) in [5, 5.41) is 2.48. The summed E-state index contributed by atoms with van der Waals surface area (Å²) in [6, 6.07) is 7.70. The fourth-order valence-corrected chi connectivity index (χ4v) is 2.22. The summed E-state index contributed by atoms with van der Waals surface area (Å²) in [6.07, 6.45) is 0. The first-order valence-corrected chi connectivity index (χ1v) is 9.34. The van der Waals surface area contributed by atoms with Gasteiger partial charge in [-0.05, 0) is 18.6 Å². The van der Waals surface area contributed by atoms with Crippen LogP contribution in [-0.4, -0.2) is 19.0 Å². The van der Waals surface area contributed by atoms with E-state index in [-0.39, 0.29) is 5.91 Å². The molecule has 1 unspecified atom stereocenters. The molecule has 0 aliphatic heterocycles. The van der Waals surface area contributed by atoms with Gasteiger partial charge in [-0.2, -0.15) is 0 Å². The first-order chi connectivity index (χ1) is 7.32. The van der Waals surface area contributed by atoms with E-state index in [2.05, 4.69) is 25.0 Å². The molecule has 0 radical (unpaired) electrons. The molecule has 0 heterocycles. The molecule has 88 valence electrons. The van der Waals surface area contributed by atoms with Crippen molar-refractivity contribution in [2.45, 2.75) is 31.6 Å². The Morgan fingerprint density at radius 1 is 1.31 bits per heavy atom. The van der Waals surface area contributed by atoms with E-state index >= 15 is 0 Å². The van der Waals surface area contributed by atoms with E-state index in [0.29, 0.717) is 0 Å². The third-order valence-corrected chi connectivity index (χ3v) is 6.34. The van der Waals surface area contributed by atoms with Gasteiger partial charge in [-0.25, -0.2) is 0 Å². The number of rotatable bonds is 3. The van der Waals surface area contributed by atoms with Gasteiger partial charge in [0.25, 0.3) is 0 Å². The van der Waals surface area contributed by atoms with Gasteiger partial charge < -0.3 is 5.32 Å². The maximum absolute atomic E-state index is 11.9. The molecular formula is C12H18ClNOSi. The molecule has 0 fully saturated rings. The van der Waals surface area contributed by atoms with E-state index in [1.54, 1.807) is 0 Å². The highest BCUT2D eigenvalue weighted by molar-refractivity contribution is 6.88. The highest BCUT2D eigenvalue weighted by Crippen LogP contribution is 2.18. The fraction of sp³-hybridized carbons (Fsp3) is 0.417. The summed E-state index contributed by atoms with van der Waals surface area (Å²) in [4.78, 5) is 11.9. The van der Waals surface area contributed by atoms with E-state index < -0.39 is 13.1 Å². The lowest BCUT2D eigenvalue weighted by atomic mass is 10.2. The van der Waals surface area contributed by atoms with Crippen molar-refractivity contribution >= 4 is 31.3 Å². The SMILES string of the molecule is Cc1ccccc1NC(=O)C(Cl)[Si](C)(C)C. The number of aryl methyl sites for hydroxylation is 1. The highest BCUT2D eigenvalue weighted by atomic mass is 35.5. The molecule has 0 aliphatic carbocycles. The Morgan fingerprint density at radius 3 is 2.38 bits per heavy atom. The maximum atomic E-state index is 11.9. The molecule has 0 aliphatic rings. The average Bonchev–Trinajstić information content (AvgIpc) is 2.19. The van der Waals surface area contributed by atoms with Gasteiger partial charge in [-0.1, -0.05) is 37.8 Å². The lowest BCUT2D eigenvalue weighted by Gasteiger charge is -2.22. The minimum Gasteiger partial charge on any atom is -0.325 e. The third-order valence-electron chi connectivity index (χ3n) is 2.39. The first-order valence-electron chi connectivity index (χ1n) is 5.33. The number of alkyl halides is 1. The number of hydrogen-bond acceptors (Lipinski definition) is 1. The van der Waals surface area contributed by atoms with Crippen molar-refractivity contribution in [1.82, 2.24) is 0 Å². The Balaban J connectivity index is 2.76. The minimum absolute atomic E-state index is 0.0878. The van der Waals surface area contributed by atoms with Crippen molar-refractivity contribution in [3.63, 3.8) is 0 Å². The number of benzene rings is 1. The van der Waals surface area contributed by atoms with Crippen molar-refractivity contribution in [2.75, 3.05) is 5.32 Å². The Hall–Kier alpha value is -0.803. The zero-order valence-corrected chi connectivity index (χ0v) is 11.9. The molecule has 0 saturated heterocycles. The molecule has 2 nitrogen and oxygen atoms in total. The number of carbonyl (C=O) groups is 1. The van der Waals surface area contributed by atoms with Gasteiger partial charge in [0.1, 0.15) is 5.00 Å². The van der Waals surface area contributed by atoms with Gasteiger partial charge in [0.05, 0.1) is 8.07 Å². The number of amides is 1. The standard InChI is InChI=1S/C12H18ClNOSi/c1-9-7-5-6-8-10(9)14-12(15)11(13)16(2,3)4/h5-8,11H,1-4H3,(H,14,15). The van der Waals surface area contributed by atoms with Gasteiger partial charge in [-0.3, -0.25) is 4.79 Å². The molecule has 0 bridgehead atoms. The van der Waals surface area contributed by atoms with Crippen molar-refractivity contribution in [3.8, 4) is 0 Å². The molecule has 0 aromatic heterocycles. The average molecular weight is 256 g/mol. The van der Waals surface area contributed by atoms with Crippen LogP contribution in [0.2, 0.25) is 19.6 Å². The molecule has 16 heavy (non-hydrogen) atoms. The van der Waals surface area contributed by atoms with Crippen molar-refractivity contribution in [2.24, 2.45) is 0 Å². The number of nitrogens with one attached hydrogen (secondary N) is 1. The normalized spacial score (nSPS) is 13.3. The van der Waals surface area contributed by atoms with Gasteiger partial charge in [-0.15, -0.1) is 11.6 Å². The molecule has 0 saturated carbocycles. The lowest BCUT2D eigenvalue weighted by molar-refractivity contribution is -0.114. The summed E-state index contributed by atoms with van der Waals surface area (Å²) in [7, 11) is -1.64. The van der Waals surface area contributed by atoms with Crippen molar-refractivity contribution < 1.29 is 4.79 Å². The molecule has 1 aromatic carbocycles. The van der Waals surface area contributed by atoms with Crippen molar-refractivity contribution in [3.05, 3.63) is 29.8 Å². The Kier molecular flexibility index (Phi) is 4.16. The predicted molar refractivity (Wildman–Crippen MR) is 72.8 cm³/mol. The van der Waals surface area contributed by atoms with Gasteiger partial charge in [0.2, 0.25) is 5.91 Å². The van der Waals surface area contributed by atoms with Crippen LogP contribution in [0, 0.1) is 6.92 Å². The quantitative estimate of drug-likeness (QED) is 0.651. The minimum atomic E-state index is -1.64. The first kappa shape index (κ1) is 13.3. The summed E-state index contributed by atoms with van der Waals surface area (Å²) >= 11 is 6.16. The maximum Gasteiger partial charge on any atom is 0.239 e. The lowest BCUT2D eigenvalue weighted by Crippen LogP contribution is -2.43. The highest BCUT2D eigenvalue weighted by Gasteiger charge is 2.31. The monoisotopic (exact) mass is 255 g/mol. The molecule has 0 spiro atoms. The molecule has 1 N–H and O–H groups in total. The summed E-state index contributed by atoms with van der Waals surface area (Å²) in [6.45, 7) is 8.22. The zero-order chi connectivity index (χ0) is 12.3. The second-order valence-electron chi connectivity index (χ2n) is 5.03. The third kappa shape index (κ3) is 3.35. The van der Waals surface area contributed by atoms with E-state index in [1.807, 2.05) is 31.2 Å². The van der Waals surface area contributed by atoms with Crippen LogP contribution in [0.1, 0.15) is 5.56 Å². The van der Waals surface area contributed by atoms with Gasteiger partial charge >= 0.3 is 0 Å². The van der Waals surface area contributed by atoms with E-state index in [0.717, 1.165) is 11.3 Å². The molecule has 1 aromatic rings. The Morgan fingerprint density at radius 2 is 1.88 bits per heavy atom. The predicted octanol–water partition coefficient (Wildman–Crippen LogP) is 3.42. The second kappa shape index (κ2) is 5.02. The Labute approximate surface area is 103 Å². The van der Waals surface area contributed by atoms with E-state index in [4.69, 9.17) is 11.6 Å². The summed E-state index contributed by atoms with van der Waals surface area (Å²) in [5.74, 6) is -0.0878. The fourth-order valence-electron chi connectivity index (χ4n) is 1.30. The molecule has 1 rings (SSSR count). The van der Waals surface area contributed by atoms with Crippen LogP contribution in [-0.2, 0) is 4.79 Å². The smallest absolute Gasteiger partial charge is 0.239 e. The van der Waals surface area contributed by atoms with E-state index in [9.17, 15) is 4.79 Å². The molecule has 4 heteroatoms. The van der Waals surface area contributed by atoms with Crippen LogP contribution in [0.5, 0.6) is 0 Å². The Bertz CT molecular complexity index is 387. The molecule has 1 amide bonds. The van der Waals surface area contributed by atoms with Crippen LogP contribution in [0.4, 0.5) is 5.69 Å². The second-order valence-corrected chi connectivity index (χ2v) is 11.1. The number of halogens is 1. The number of carbonyl (C=O) groups excluding carboxylic acids is 1. The summed E-state index contributed by atoms with van der Waals surface area (Å²) < 4.78 is 0. The largest absolute Gasteiger partial charge is 0.325 e. The van der Waals surface area contributed by atoms with Crippen LogP contribution >= 0.6 is 11.6 Å². The van der Waals surface area contributed by atoms with E-state index in [1.165, 1.54) is 0 Å². The number of hydrogen-bond donors (Lipinski definition) is 1. The number of anilines is 1. The molecule has 1 atom stereocenters. The van der Waals surface area contributed by atoms with Crippen LogP contribution in [0.25, 0.3) is 0 Å². The van der Waals surface area contributed by atoms with Crippen LogP contribution in [0.15, 0.2) is 24.3 Å². The van der Waals surface area contributed by atoms with Crippen molar-refractivity contribution in [1.29, 1.82) is 0 Å². The topological polar surface area (TPSA) is 29.1 Å².